The predicted molar refractivity (Wildman–Crippen MR) is 83.4 cm³/mol. The van der Waals surface area contributed by atoms with Crippen molar-refractivity contribution < 1.29 is 13.6 Å². The van der Waals surface area contributed by atoms with Gasteiger partial charge in [-0.05, 0) is 36.8 Å². The van der Waals surface area contributed by atoms with Crippen molar-refractivity contribution in [2.45, 2.75) is 19.5 Å². The summed E-state index contributed by atoms with van der Waals surface area (Å²) in [4.78, 5) is 24.0. The Balaban J connectivity index is 1.75. The number of hydrogen-bond donors (Lipinski definition) is 1. The van der Waals surface area contributed by atoms with Gasteiger partial charge in [0.1, 0.15) is 12.4 Å². The Morgan fingerprint density at radius 2 is 1.91 bits per heavy atom. The van der Waals surface area contributed by atoms with E-state index in [-0.39, 0.29) is 24.3 Å². The molecule has 0 saturated heterocycles. The maximum atomic E-state index is 12.9. The van der Waals surface area contributed by atoms with Crippen molar-refractivity contribution in [3.63, 3.8) is 0 Å². The number of rotatable bonds is 4. The minimum Gasteiger partial charge on any atom is -0.408 e. The summed E-state index contributed by atoms with van der Waals surface area (Å²) in [5.41, 5.74) is 1.79. The number of fused-ring (bicyclic) bond motifs is 1. The molecule has 3 aromatic rings. The Morgan fingerprint density at radius 1 is 1.22 bits per heavy atom. The molecule has 0 aliphatic heterocycles. The SMILES string of the molecule is CC(NC(=O)Cn1c(=O)oc2ccccc21)c1ccc(F)cc1. The van der Waals surface area contributed by atoms with Gasteiger partial charge in [0, 0.05) is 0 Å². The van der Waals surface area contributed by atoms with E-state index in [9.17, 15) is 14.0 Å². The first-order chi connectivity index (χ1) is 11.0. The first-order valence-electron chi connectivity index (χ1n) is 7.18. The second-order valence-corrected chi connectivity index (χ2v) is 5.26. The van der Waals surface area contributed by atoms with E-state index in [0.29, 0.717) is 11.1 Å². The summed E-state index contributed by atoms with van der Waals surface area (Å²) in [5, 5.41) is 2.78. The highest BCUT2D eigenvalue weighted by Crippen LogP contribution is 2.14. The number of carbonyl (C=O) groups excluding carboxylic acids is 1. The predicted octanol–water partition coefficient (Wildman–Crippen LogP) is 2.61. The zero-order chi connectivity index (χ0) is 16.4. The summed E-state index contributed by atoms with van der Waals surface area (Å²) in [6, 6.07) is 12.5. The van der Waals surface area contributed by atoms with E-state index >= 15 is 0 Å². The molecule has 2 aromatic carbocycles. The van der Waals surface area contributed by atoms with E-state index in [0.717, 1.165) is 5.56 Å². The molecule has 0 aliphatic rings. The molecular formula is C17H15FN2O3. The fourth-order valence-corrected chi connectivity index (χ4v) is 2.43. The van der Waals surface area contributed by atoms with E-state index in [1.807, 2.05) is 0 Å². The Bertz CT molecular complexity index is 896. The Labute approximate surface area is 131 Å². The number of amides is 1. The zero-order valence-corrected chi connectivity index (χ0v) is 12.5. The van der Waals surface area contributed by atoms with Crippen LogP contribution in [0.25, 0.3) is 11.1 Å². The highest BCUT2D eigenvalue weighted by Gasteiger charge is 2.14. The Hall–Kier alpha value is -2.89. The van der Waals surface area contributed by atoms with Crippen LogP contribution in [-0.2, 0) is 11.3 Å². The summed E-state index contributed by atoms with van der Waals surface area (Å²) in [6.45, 7) is 1.66. The summed E-state index contributed by atoms with van der Waals surface area (Å²) < 4.78 is 19.3. The summed E-state index contributed by atoms with van der Waals surface area (Å²) >= 11 is 0. The van der Waals surface area contributed by atoms with E-state index < -0.39 is 5.76 Å². The normalized spacial score (nSPS) is 12.3. The lowest BCUT2D eigenvalue weighted by atomic mass is 10.1. The van der Waals surface area contributed by atoms with Crippen LogP contribution in [0.5, 0.6) is 0 Å². The molecule has 0 saturated carbocycles. The van der Waals surface area contributed by atoms with Crippen LogP contribution < -0.4 is 11.1 Å². The Kier molecular flexibility index (Phi) is 3.97. The van der Waals surface area contributed by atoms with Crippen LogP contribution in [0.4, 0.5) is 4.39 Å². The second-order valence-electron chi connectivity index (χ2n) is 5.26. The van der Waals surface area contributed by atoms with Crippen molar-refractivity contribution >= 4 is 17.0 Å². The summed E-state index contributed by atoms with van der Waals surface area (Å²) in [5.74, 6) is -1.23. The number of para-hydroxylation sites is 2. The molecule has 6 heteroatoms. The van der Waals surface area contributed by atoms with E-state index in [4.69, 9.17) is 4.42 Å². The Morgan fingerprint density at radius 3 is 2.65 bits per heavy atom. The quantitative estimate of drug-likeness (QED) is 0.805. The molecule has 0 aliphatic carbocycles. The van der Waals surface area contributed by atoms with Crippen LogP contribution in [0.1, 0.15) is 18.5 Å². The fraction of sp³-hybridized carbons (Fsp3) is 0.176. The third-order valence-electron chi connectivity index (χ3n) is 3.62. The molecule has 1 N–H and O–H groups in total. The van der Waals surface area contributed by atoms with Gasteiger partial charge < -0.3 is 9.73 Å². The molecule has 1 amide bonds. The molecular weight excluding hydrogens is 299 g/mol. The van der Waals surface area contributed by atoms with Gasteiger partial charge in [-0.1, -0.05) is 24.3 Å². The average Bonchev–Trinajstić information content (AvgIpc) is 2.84. The molecule has 1 unspecified atom stereocenters. The van der Waals surface area contributed by atoms with Crippen LogP contribution in [0.2, 0.25) is 0 Å². The molecule has 0 fully saturated rings. The number of carbonyl (C=O) groups is 1. The van der Waals surface area contributed by atoms with Gasteiger partial charge >= 0.3 is 5.76 Å². The lowest BCUT2D eigenvalue weighted by Gasteiger charge is -2.14. The molecule has 0 bridgehead atoms. The monoisotopic (exact) mass is 314 g/mol. The van der Waals surface area contributed by atoms with Crippen LogP contribution in [0.15, 0.2) is 57.7 Å². The van der Waals surface area contributed by atoms with Gasteiger partial charge in [-0.3, -0.25) is 9.36 Å². The number of nitrogens with zero attached hydrogens (tertiary/aromatic N) is 1. The largest absolute Gasteiger partial charge is 0.420 e. The smallest absolute Gasteiger partial charge is 0.408 e. The number of benzene rings is 2. The topological polar surface area (TPSA) is 64.2 Å². The van der Waals surface area contributed by atoms with Crippen molar-refractivity contribution in [3.05, 3.63) is 70.5 Å². The van der Waals surface area contributed by atoms with Crippen molar-refractivity contribution in [3.8, 4) is 0 Å². The molecule has 0 radical (unpaired) electrons. The van der Waals surface area contributed by atoms with Crippen LogP contribution in [0.3, 0.4) is 0 Å². The van der Waals surface area contributed by atoms with E-state index in [1.54, 1.807) is 43.3 Å². The van der Waals surface area contributed by atoms with Gasteiger partial charge in [-0.15, -0.1) is 0 Å². The number of hydrogen-bond acceptors (Lipinski definition) is 3. The lowest BCUT2D eigenvalue weighted by molar-refractivity contribution is -0.122. The van der Waals surface area contributed by atoms with Crippen molar-refractivity contribution in [1.29, 1.82) is 0 Å². The number of aromatic nitrogens is 1. The molecule has 5 nitrogen and oxygen atoms in total. The molecule has 1 heterocycles. The zero-order valence-electron chi connectivity index (χ0n) is 12.5. The standard InChI is InChI=1S/C17H15FN2O3/c1-11(12-6-8-13(18)9-7-12)19-16(21)10-20-14-4-2-3-5-15(14)23-17(20)22/h2-9,11H,10H2,1H3,(H,19,21). The highest BCUT2D eigenvalue weighted by atomic mass is 19.1. The molecule has 1 atom stereocenters. The minimum atomic E-state index is -0.573. The lowest BCUT2D eigenvalue weighted by Crippen LogP contribution is -2.32. The number of oxazole rings is 1. The third-order valence-corrected chi connectivity index (χ3v) is 3.62. The van der Waals surface area contributed by atoms with Gasteiger partial charge in [0.2, 0.25) is 5.91 Å². The van der Waals surface area contributed by atoms with Crippen molar-refractivity contribution in [1.82, 2.24) is 9.88 Å². The third kappa shape index (κ3) is 3.15. The molecule has 23 heavy (non-hydrogen) atoms. The van der Waals surface area contributed by atoms with E-state index in [1.165, 1.54) is 16.7 Å². The van der Waals surface area contributed by atoms with Gasteiger partial charge in [0.15, 0.2) is 5.58 Å². The van der Waals surface area contributed by atoms with Gasteiger partial charge in [0.05, 0.1) is 11.6 Å². The first-order valence-corrected chi connectivity index (χ1v) is 7.18. The van der Waals surface area contributed by atoms with Gasteiger partial charge in [-0.25, -0.2) is 9.18 Å². The summed E-state index contributed by atoms with van der Waals surface area (Å²) in [6.07, 6.45) is 0. The van der Waals surface area contributed by atoms with Gasteiger partial charge in [-0.2, -0.15) is 0 Å². The molecule has 0 spiro atoms. The maximum absolute atomic E-state index is 12.9. The minimum absolute atomic E-state index is 0.138. The molecule has 118 valence electrons. The van der Waals surface area contributed by atoms with Crippen LogP contribution in [-0.4, -0.2) is 10.5 Å². The number of nitrogens with one attached hydrogen (secondary N) is 1. The number of halogens is 1. The average molecular weight is 314 g/mol. The summed E-state index contributed by atoms with van der Waals surface area (Å²) in [7, 11) is 0. The van der Waals surface area contributed by atoms with Crippen molar-refractivity contribution in [2.75, 3.05) is 0 Å². The maximum Gasteiger partial charge on any atom is 0.420 e. The van der Waals surface area contributed by atoms with Crippen molar-refractivity contribution in [2.24, 2.45) is 0 Å². The van der Waals surface area contributed by atoms with E-state index in [2.05, 4.69) is 5.32 Å². The molecule has 3 rings (SSSR count). The first kappa shape index (κ1) is 15.0. The molecule has 1 aromatic heterocycles. The fourth-order valence-electron chi connectivity index (χ4n) is 2.43. The van der Waals surface area contributed by atoms with Gasteiger partial charge in [0.25, 0.3) is 0 Å². The van der Waals surface area contributed by atoms with Crippen LogP contribution >= 0.6 is 0 Å². The van der Waals surface area contributed by atoms with Crippen LogP contribution in [0, 0.1) is 5.82 Å². The highest BCUT2D eigenvalue weighted by molar-refractivity contribution is 5.79. The second kappa shape index (κ2) is 6.08.